The van der Waals surface area contributed by atoms with Crippen molar-refractivity contribution in [2.75, 3.05) is 35.0 Å². The van der Waals surface area contributed by atoms with Crippen molar-refractivity contribution in [3.8, 4) is 23.0 Å². The first-order valence-corrected chi connectivity index (χ1v) is 12.9. The van der Waals surface area contributed by atoms with E-state index in [0.717, 1.165) is 53.4 Å². The van der Waals surface area contributed by atoms with Gasteiger partial charge in [0.05, 0.1) is 28.4 Å². The second-order valence-electron chi connectivity index (χ2n) is 9.92. The standard InChI is InChI=1S/C31H34N2O4/c1-34-26-13-20-21-14-27(35-2)29(37-4)16-23(21)30-24(22(20)15-28(26)36-3)18-33-12-8-11-25(33)31(30)32-17-19-9-6-5-7-10-19/h5-7,9-10,13-16,25,31-32H,8,11-12,17-18H2,1-4H3/t25-,31+/m0/s1. The monoisotopic (exact) mass is 498 g/mol. The number of fused-ring (bicyclic) bond motifs is 7. The van der Waals surface area contributed by atoms with E-state index < -0.39 is 0 Å². The summed E-state index contributed by atoms with van der Waals surface area (Å²) in [6.07, 6.45) is 2.40. The van der Waals surface area contributed by atoms with Crippen molar-refractivity contribution >= 4 is 21.5 Å². The van der Waals surface area contributed by atoms with E-state index in [1.807, 2.05) is 0 Å². The molecule has 1 N–H and O–H groups in total. The van der Waals surface area contributed by atoms with Crippen LogP contribution in [0.3, 0.4) is 0 Å². The largest absolute Gasteiger partial charge is 0.493 e. The summed E-state index contributed by atoms with van der Waals surface area (Å²) in [6, 6.07) is 19.8. The topological polar surface area (TPSA) is 52.2 Å². The van der Waals surface area contributed by atoms with Gasteiger partial charge < -0.3 is 24.3 Å². The van der Waals surface area contributed by atoms with Gasteiger partial charge in [-0.05, 0) is 81.9 Å². The van der Waals surface area contributed by atoms with Crippen LogP contribution in [-0.4, -0.2) is 45.9 Å². The van der Waals surface area contributed by atoms with Crippen molar-refractivity contribution in [1.29, 1.82) is 0 Å². The van der Waals surface area contributed by atoms with Gasteiger partial charge >= 0.3 is 0 Å². The Morgan fingerprint density at radius 3 is 1.95 bits per heavy atom. The summed E-state index contributed by atoms with van der Waals surface area (Å²) < 4.78 is 23.0. The average Bonchev–Trinajstić information content (AvgIpc) is 3.43. The molecule has 0 bridgehead atoms. The number of rotatable bonds is 7. The SMILES string of the molecule is COc1cc2c3c(c4cc(OC)c(OC)cc4c2cc1OC)[C@H](NCc1ccccc1)[C@@H]1CCCN1C3. The Bertz CT molecular complexity index is 1450. The van der Waals surface area contributed by atoms with Crippen LogP contribution in [0.1, 0.15) is 35.6 Å². The molecule has 37 heavy (non-hydrogen) atoms. The van der Waals surface area contributed by atoms with Crippen molar-refractivity contribution in [3.63, 3.8) is 0 Å². The fraction of sp³-hybridized carbons (Fsp3) is 0.355. The highest BCUT2D eigenvalue weighted by Crippen LogP contribution is 2.49. The van der Waals surface area contributed by atoms with Gasteiger partial charge in [0.1, 0.15) is 0 Å². The third kappa shape index (κ3) is 3.95. The smallest absolute Gasteiger partial charge is 0.161 e. The molecule has 6 heteroatoms. The number of ether oxygens (including phenoxy) is 4. The van der Waals surface area contributed by atoms with E-state index in [0.29, 0.717) is 6.04 Å². The maximum atomic E-state index is 5.78. The van der Waals surface area contributed by atoms with E-state index in [1.54, 1.807) is 28.4 Å². The fourth-order valence-corrected chi connectivity index (χ4v) is 6.39. The minimum atomic E-state index is 0.185. The summed E-state index contributed by atoms with van der Waals surface area (Å²) in [5.41, 5.74) is 3.99. The van der Waals surface area contributed by atoms with Crippen LogP contribution in [0.15, 0.2) is 54.6 Å². The molecule has 1 saturated heterocycles. The van der Waals surface area contributed by atoms with Crippen LogP contribution in [-0.2, 0) is 13.1 Å². The van der Waals surface area contributed by atoms with Gasteiger partial charge in [-0.1, -0.05) is 30.3 Å². The summed E-state index contributed by atoms with van der Waals surface area (Å²) in [6.45, 7) is 2.85. The van der Waals surface area contributed by atoms with Crippen molar-refractivity contribution in [3.05, 3.63) is 71.3 Å². The van der Waals surface area contributed by atoms with Crippen LogP contribution < -0.4 is 24.3 Å². The molecule has 1 fully saturated rings. The lowest BCUT2D eigenvalue weighted by Crippen LogP contribution is -2.44. The quantitative estimate of drug-likeness (QED) is 0.323. The minimum absolute atomic E-state index is 0.185. The first-order valence-electron chi connectivity index (χ1n) is 12.9. The van der Waals surface area contributed by atoms with Gasteiger partial charge in [-0.2, -0.15) is 0 Å². The molecule has 0 unspecified atom stereocenters. The molecular weight excluding hydrogens is 464 g/mol. The minimum Gasteiger partial charge on any atom is -0.493 e. The predicted molar refractivity (Wildman–Crippen MR) is 147 cm³/mol. The lowest BCUT2D eigenvalue weighted by atomic mass is 9.81. The van der Waals surface area contributed by atoms with Gasteiger partial charge in [-0.3, -0.25) is 4.90 Å². The first kappa shape index (κ1) is 23.9. The van der Waals surface area contributed by atoms with Gasteiger partial charge in [0.15, 0.2) is 23.0 Å². The van der Waals surface area contributed by atoms with Crippen LogP contribution in [0.5, 0.6) is 23.0 Å². The Morgan fingerprint density at radius 1 is 0.757 bits per heavy atom. The number of hydrogen-bond donors (Lipinski definition) is 1. The zero-order chi connectivity index (χ0) is 25.5. The van der Waals surface area contributed by atoms with Gasteiger partial charge in [0.2, 0.25) is 0 Å². The molecule has 0 spiro atoms. The Kier molecular flexibility index (Phi) is 6.31. The molecule has 6 nitrogen and oxygen atoms in total. The summed E-state index contributed by atoms with van der Waals surface area (Å²) in [7, 11) is 6.78. The predicted octanol–water partition coefficient (Wildman–Crippen LogP) is 5.84. The van der Waals surface area contributed by atoms with E-state index >= 15 is 0 Å². The number of methoxy groups -OCH3 is 4. The summed E-state index contributed by atoms with van der Waals surface area (Å²) in [5.74, 6) is 2.93. The normalized spacial score (nSPS) is 19.0. The summed E-state index contributed by atoms with van der Waals surface area (Å²) in [5, 5.41) is 8.63. The lowest BCUT2D eigenvalue weighted by molar-refractivity contribution is 0.179. The summed E-state index contributed by atoms with van der Waals surface area (Å²) in [4.78, 5) is 2.65. The van der Waals surface area contributed by atoms with E-state index in [1.165, 1.54) is 40.3 Å². The third-order valence-electron chi connectivity index (χ3n) is 8.12. The number of hydrogen-bond acceptors (Lipinski definition) is 6. The lowest BCUT2D eigenvalue weighted by Gasteiger charge is -2.40. The molecule has 0 saturated carbocycles. The number of nitrogens with zero attached hydrogens (tertiary/aromatic N) is 1. The molecule has 192 valence electrons. The number of nitrogens with one attached hydrogen (secondary N) is 1. The maximum Gasteiger partial charge on any atom is 0.161 e. The highest BCUT2D eigenvalue weighted by Gasteiger charge is 2.40. The Labute approximate surface area is 218 Å². The van der Waals surface area contributed by atoms with E-state index in [-0.39, 0.29) is 6.04 Å². The van der Waals surface area contributed by atoms with Crippen molar-refractivity contribution in [2.45, 2.75) is 38.0 Å². The summed E-state index contributed by atoms with van der Waals surface area (Å²) >= 11 is 0. The van der Waals surface area contributed by atoms with E-state index in [9.17, 15) is 0 Å². The molecule has 0 aromatic heterocycles. The van der Waals surface area contributed by atoms with E-state index in [2.05, 4.69) is 64.8 Å². The average molecular weight is 499 g/mol. The Balaban J connectivity index is 1.65. The van der Waals surface area contributed by atoms with Crippen LogP contribution in [0.4, 0.5) is 0 Å². The first-order chi connectivity index (χ1) is 18.2. The molecule has 0 aliphatic carbocycles. The van der Waals surface area contributed by atoms with Crippen LogP contribution >= 0.6 is 0 Å². The maximum absolute atomic E-state index is 5.78. The second kappa shape index (κ2) is 9.77. The van der Waals surface area contributed by atoms with Crippen molar-refractivity contribution in [1.82, 2.24) is 10.2 Å². The van der Waals surface area contributed by atoms with E-state index in [4.69, 9.17) is 18.9 Å². The Morgan fingerprint density at radius 2 is 1.32 bits per heavy atom. The van der Waals surface area contributed by atoms with Crippen molar-refractivity contribution in [2.24, 2.45) is 0 Å². The van der Waals surface area contributed by atoms with Crippen LogP contribution in [0.2, 0.25) is 0 Å². The fourth-order valence-electron chi connectivity index (χ4n) is 6.39. The zero-order valence-corrected chi connectivity index (χ0v) is 22.0. The Hall–Kier alpha value is -3.48. The molecule has 2 aliphatic heterocycles. The molecule has 0 amide bonds. The molecular formula is C31H34N2O4. The zero-order valence-electron chi connectivity index (χ0n) is 22.0. The molecule has 4 aromatic carbocycles. The second-order valence-corrected chi connectivity index (χ2v) is 9.92. The molecule has 4 aromatic rings. The van der Waals surface area contributed by atoms with Gasteiger partial charge in [-0.25, -0.2) is 0 Å². The molecule has 2 heterocycles. The van der Waals surface area contributed by atoms with Crippen LogP contribution in [0, 0.1) is 0 Å². The third-order valence-corrected chi connectivity index (χ3v) is 8.12. The molecule has 0 radical (unpaired) electrons. The molecule has 2 atom stereocenters. The number of benzene rings is 4. The van der Waals surface area contributed by atoms with Gasteiger partial charge in [-0.15, -0.1) is 0 Å². The highest BCUT2D eigenvalue weighted by molar-refractivity contribution is 6.13. The van der Waals surface area contributed by atoms with Crippen LogP contribution in [0.25, 0.3) is 21.5 Å². The van der Waals surface area contributed by atoms with Gasteiger partial charge in [0, 0.05) is 25.2 Å². The molecule has 6 rings (SSSR count). The molecule has 2 aliphatic rings. The van der Waals surface area contributed by atoms with Crippen molar-refractivity contribution < 1.29 is 18.9 Å². The van der Waals surface area contributed by atoms with Gasteiger partial charge in [0.25, 0.3) is 0 Å². The highest BCUT2D eigenvalue weighted by atomic mass is 16.5.